The first-order chi connectivity index (χ1) is 5.83. The number of hydrogen-bond donors (Lipinski definition) is 0. The third kappa shape index (κ3) is 2.93. The highest BCUT2D eigenvalue weighted by Gasteiger charge is 2.00. The molecule has 65 valence electrons. The van der Waals surface area contributed by atoms with E-state index >= 15 is 0 Å². The van der Waals surface area contributed by atoms with Crippen molar-refractivity contribution in [1.29, 1.82) is 0 Å². The van der Waals surface area contributed by atoms with Crippen LogP contribution < -0.4 is 4.74 Å². The number of benzene rings is 1. The predicted molar refractivity (Wildman–Crippen MR) is 46.7 cm³/mol. The lowest BCUT2D eigenvalue weighted by Crippen LogP contribution is -2.11. The van der Waals surface area contributed by atoms with E-state index in [0.717, 1.165) is 5.75 Å². The Balaban J connectivity index is 2.33. The molecule has 2 nitrogen and oxygen atoms in total. The van der Waals surface area contributed by atoms with Gasteiger partial charge in [-0.2, -0.15) is 0 Å². The van der Waals surface area contributed by atoms with Crippen molar-refractivity contribution in [2.24, 2.45) is 5.92 Å². The van der Waals surface area contributed by atoms with E-state index < -0.39 is 0 Å². The van der Waals surface area contributed by atoms with Gasteiger partial charge in [0.25, 0.3) is 0 Å². The van der Waals surface area contributed by atoms with Gasteiger partial charge >= 0.3 is 0 Å². The van der Waals surface area contributed by atoms with Crippen LogP contribution in [0, 0.1) is 5.92 Å². The molecule has 0 aliphatic heterocycles. The molecule has 1 aromatic rings. The molecule has 0 aromatic heterocycles. The molecule has 0 spiro atoms. The van der Waals surface area contributed by atoms with Crippen LogP contribution in [0.2, 0.25) is 0 Å². The maximum atomic E-state index is 10.4. The quantitative estimate of drug-likeness (QED) is 0.672. The van der Waals surface area contributed by atoms with Crippen molar-refractivity contribution in [3.05, 3.63) is 30.3 Å². The molecule has 1 aromatic carbocycles. The SMILES string of the molecule is CC(C[O])COc1ccccc1. The Morgan fingerprint density at radius 2 is 2.00 bits per heavy atom. The summed E-state index contributed by atoms with van der Waals surface area (Å²) in [6.45, 7) is 2.32. The first kappa shape index (κ1) is 9.07. The lowest BCUT2D eigenvalue weighted by molar-refractivity contribution is 0.118. The van der Waals surface area contributed by atoms with Gasteiger partial charge in [0.2, 0.25) is 0 Å². The van der Waals surface area contributed by atoms with Gasteiger partial charge in [-0.3, -0.25) is 0 Å². The number of ether oxygens (including phenoxy) is 1. The molecule has 0 amide bonds. The summed E-state index contributed by atoms with van der Waals surface area (Å²) < 4.78 is 5.36. The Kier molecular flexibility index (Phi) is 3.61. The van der Waals surface area contributed by atoms with Crippen LogP contribution in [0.5, 0.6) is 5.75 Å². The number of para-hydroxylation sites is 1. The molecule has 0 fully saturated rings. The topological polar surface area (TPSA) is 29.1 Å². The molecule has 0 bridgehead atoms. The molecule has 1 unspecified atom stereocenters. The maximum absolute atomic E-state index is 10.4. The van der Waals surface area contributed by atoms with Crippen LogP contribution >= 0.6 is 0 Å². The molecule has 0 saturated heterocycles. The minimum atomic E-state index is -0.0766. The van der Waals surface area contributed by atoms with Gasteiger partial charge in [-0.05, 0) is 12.1 Å². The Morgan fingerprint density at radius 3 is 2.58 bits per heavy atom. The van der Waals surface area contributed by atoms with Crippen LogP contribution in [-0.2, 0) is 5.11 Å². The Bertz CT molecular complexity index is 208. The zero-order valence-corrected chi connectivity index (χ0v) is 7.19. The highest BCUT2D eigenvalue weighted by molar-refractivity contribution is 5.20. The van der Waals surface area contributed by atoms with Crippen LogP contribution in [0.1, 0.15) is 6.92 Å². The fourth-order valence-electron chi connectivity index (χ4n) is 0.803. The molecule has 2 heteroatoms. The standard InChI is InChI=1S/C10H13O2/c1-9(7-11)8-12-10-5-3-2-4-6-10/h2-6,9H,7-8H2,1H3. The second-order valence-electron chi connectivity index (χ2n) is 2.90. The molecular weight excluding hydrogens is 152 g/mol. The molecule has 0 aliphatic carbocycles. The molecule has 0 heterocycles. The van der Waals surface area contributed by atoms with E-state index in [1.165, 1.54) is 0 Å². The lowest BCUT2D eigenvalue weighted by Gasteiger charge is -2.08. The number of rotatable bonds is 4. The van der Waals surface area contributed by atoms with Gasteiger partial charge in [-0.15, -0.1) is 0 Å². The van der Waals surface area contributed by atoms with E-state index in [9.17, 15) is 5.11 Å². The summed E-state index contributed by atoms with van der Waals surface area (Å²) >= 11 is 0. The molecule has 0 aliphatic rings. The highest BCUT2D eigenvalue weighted by atomic mass is 16.5. The zero-order chi connectivity index (χ0) is 8.81. The summed E-state index contributed by atoms with van der Waals surface area (Å²) in [6.07, 6.45) is 0. The Labute approximate surface area is 72.8 Å². The molecule has 1 rings (SSSR count). The average Bonchev–Trinajstić information content (AvgIpc) is 2.16. The van der Waals surface area contributed by atoms with Gasteiger partial charge in [0.15, 0.2) is 0 Å². The summed E-state index contributed by atoms with van der Waals surface area (Å²) in [5, 5.41) is 10.4. The smallest absolute Gasteiger partial charge is 0.119 e. The second-order valence-corrected chi connectivity index (χ2v) is 2.90. The maximum Gasteiger partial charge on any atom is 0.119 e. The zero-order valence-electron chi connectivity index (χ0n) is 7.19. The van der Waals surface area contributed by atoms with Gasteiger partial charge in [0.05, 0.1) is 13.2 Å². The summed E-state index contributed by atoms with van der Waals surface area (Å²) in [4.78, 5) is 0. The van der Waals surface area contributed by atoms with Crippen LogP contribution in [0.25, 0.3) is 0 Å². The van der Waals surface area contributed by atoms with Gasteiger partial charge in [0.1, 0.15) is 5.75 Å². The number of hydrogen-bond acceptors (Lipinski definition) is 1. The van der Waals surface area contributed by atoms with Crippen LogP contribution in [-0.4, -0.2) is 13.2 Å². The molecular formula is C10H13O2. The fraction of sp³-hybridized carbons (Fsp3) is 0.400. The minimum Gasteiger partial charge on any atom is -0.493 e. The average molecular weight is 165 g/mol. The van der Waals surface area contributed by atoms with Crippen molar-refractivity contribution in [3.8, 4) is 5.75 Å². The monoisotopic (exact) mass is 165 g/mol. The van der Waals surface area contributed by atoms with E-state index in [1.54, 1.807) is 0 Å². The lowest BCUT2D eigenvalue weighted by atomic mass is 10.2. The summed E-state index contributed by atoms with van der Waals surface area (Å²) in [5.41, 5.74) is 0. The van der Waals surface area contributed by atoms with E-state index in [4.69, 9.17) is 4.74 Å². The van der Waals surface area contributed by atoms with Crippen LogP contribution in [0.3, 0.4) is 0 Å². The van der Waals surface area contributed by atoms with Gasteiger partial charge in [-0.1, -0.05) is 25.1 Å². The fourth-order valence-corrected chi connectivity index (χ4v) is 0.803. The third-order valence-electron chi connectivity index (χ3n) is 1.56. The predicted octanol–water partition coefficient (Wildman–Crippen LogP) is 2.13. The van der Waals surface area contributed by atoms with Gasteiger partial charge in [0, 0.05) is 5.92 Å². The molecule has 1 atom stereocenters. The van der Waals surface area contributed by atoms with Crippen LogP contribution in [0.15, 0.2) is 30.3 Å². The van der Waals surface area contributed by atoms with Gasteiger partial charge < -0.3 is 4.74 Å². The normalized spacial score (nSPS) is 12.5. The van der Waals surface area contributed by atoms with Crippen molar-refractivity contribution in [2.45, 2.75) is 6.92 Å². The molecule has 0 saturated carbocycles. The van der Waals surface area contributed by atoms with Crippen molar-refractivity contribution in [1.82, 2.24) is 0 Å². The van der Waals surface area contributed by atoms with Crippen molar-refractivity contribution >= 4 is 0 Å². The van der Waals surface area contributed by atoms with Crippen molar-refractivity contribution < 1.29 is 9.84 Å². The Morgan fingerprint density at radius 1 is 1.33 bits per heavy atom. The van der Waals surface area contributed by atoms with Crippen molar-refractivity contribution in [3.63, 3.8) is 0 Å². The van der Waals surface area contributed by atoms with E-state index in [-0.39, 0.29) is 12.5 Å². The van der Waals surface area contributed by atoms with E-state index in [2.05, 4.69) is 0 Å². The van der Waals surface area contributed by atoms with Crippen LogP contribution in [0.4, 0.5) is 0 Å². The summed E-state index contributed by atoms with van der Waals surface area (Å²) in [5.74, 6) is 0.919. The first-order valence-electron chi connectivity index (χ1n) is 4.09. The summed E-state index contributed by atoms with van der Waals surface area (Å²) in [7, 11) is 0. The molecule has 12 heavy (non-hydrogen) atoms. The van der Waals surface area contributed by atoms with E-state index in [0.29, 0.717) is 6.61 Å². The second kappa shape index (κ2) is 4.78. The summed E-state index contributed by atoms with van der Waals surface area (Å²) in [6, 6.07) is 9.54. The highest BCUT2D eigenvalue weighted by Crippen LogP contribution is 2.09. The third-order valence-corrected chi connectivity index (χ3v) is 1.56. The molecule has 1 radical (unpaired) electrons. The minimum absolute atomic E-state index is 0.0766. The van der Waals surface area contributed by atoms with E-state index in [1.807, 2.05) is 37.3 Å². The largest absolute Gasteiger partial charge is 0.493 e. The van der Waals surface area contributed by atoms with Gasteiger partial charge in [-0.25, -0.2) is 5.11 Å². The molecule has 0 N–H and O–H groups in total. The van der Waals surface area contributed by atoms with Crippen molar-refractivity contribution in [2.75, 3.05) is 13.2 Å². The first-order valence-corrected chi connectivity index (χ1v) is 4.09. The Hall–Kier alpha value is -1.02.